The van der Waals surface area contributed by atoms with E-state index in [-0.39, 0.29) is 0 Å². The molecule has 1 aliphatic heterocycles. The van der Waals surface area contributed by atoms with Crippen LogP contribution in [0.15, 0.2) is 0 Å². The zero-order chi connectivity index (χ0) is 8.65. The molecule has 0 aromatic rings. The molecule has 2 nitrogen and oxygen atoms in total. The summed E-state index contributed by atoms with van der Waals surface area (Å²) in [6.07, 6.45) is 7.10. The zero-order valence-corrected chi connectivity index (χ0v) is 7.76. The first kappa shape index (κ1) is 9.54. The van der Waals surface area contributed by atoms with Crippen molar-refractivity contribution in [2.24, 2.45) is 0 Å². The fourth-order valence-corrected chi connectivity index (χ4v) is 1.72. The molecule has 0 unspecified atom stereocenters. The molecule has 0 atom stereocenters. The molecule has 1 rings (SSSR count). The van der Waals surface area contributed by atoms with Gasteiger partial charge in [0, 0.05) is 6.42 Å². The minimum Gasteiger partial charge on any atom is -0.303 e. The first-order chi connectivity index (χ1) is 5.93. The lowest BCUT2D eigenvalue weighted by atomic mass is 10.2. The van der Waals surface area contributed by atoms with Gasteiger partial charge < -0.3 is 4.90 Å². The summed E-state index contributed by atoms with van der Waals surface area (Å²) in [6.45, 7) is 3.86. The van der Waals surface area contributed by atoms with Crippen LogP contribution in [0.2, 0.25) is 0 Å². The van der Waals surface area contributed by atoms with E-state index in [1.165, 1.54) is 45.3 Å². The van der Waals surface area contributed by atoms with Gasteiger partial charge in [0.25, 0.3) is 0 Å². The van der Waals surface area contributed by atoms with Gasteiger partial charge in [-0.05, 0) is 45.3 Å². The van der Waals surface area contributed by atoms with E-state index in [4.69, 9.17) is 5.26 Å². The normalized spacial score (nSPS) is 17.9. The number of nitrogens with zero attached hydrogens (tertiary/aromatic N) is 2. The summed E-state index contributed by atoms with van der Waals surface area (Å²) in [4.78, 5) is 2.53. The van der Waals surface area contributed by atoms with Gasteiger partial charge in [-0.1, -0.05) is 6.42 Å². The Hall–Kier alpha value is -0.550. The van der Waals surface area contributed by atoms with Crippen molar-refractivity contribution in [3.05, 3.63) is 0 Å². The van der Waals surface area contributed by atoms with Gasteiger partial charge in [-0.15, -0.1) is 0 Å². The van der Waals surface area contributed by atoms with E-state index in [2.05, 4.69) is 11.0 Å². The highest BCUT2D eigenvalue weighted by Gasteiger charge is 2.09. The lowest BCUT2D eigenvalue weighted by Gasteiger charge is -2.13. The summed E-state index contributed by atoms with van der Waals surface area (Å²) in [5.41, 5.74) is 0. The van der Waals surface area contributed by atoms with Gasteiger partial charge >= 0.3 is 0 Å². The van der Waals surface area contributed by atoms with Crippen LogP contribution < -0.4 is 0 Å². The number of unbranched alkanes of at least 4 members (excludes halogenated alkanes) is 3. The van der Waals surface area contributed by atoms with E-state index >= 15 is 0 Å². The number of rotatable bonds is 5. The first-order valence-corrected chi connectivity index (χ1v) is 5.03. The van der Waals surface area contributed by atoms with Gasteiger partial charge in [-0.25, -0.2) is 0 Å². The smallest absolute Gasteiger partial charge is 0.0621 e. The molecule has 0 bridgehead atoms. The predicted octanol–water partition coefficient (Wildman–Crippen LogP) is 2.17. The molecule has 0 aliphatic carbocycles. The third kappa shape index (κ3) is 3.73. The summed E-state index contributed by atoms with van der Waals surface area (Å²) in [5, 5.41) is 8.32. The molecule has 0 saturated carbocycles. The number of hydrogen-bond acceptors (Lipinski definition) is 2. The number of likely N-dealkylation sites (tertiary alicyclic amines) is 1. The van der Waals surface area contributed by atoms with E-state index in [0.717, 1.165) is 12.8 Å². The predicted molar refractivity (Wildman–Crippen MR) is 49.8 cm³/mol. The Balaban J connectivity index is 1.85. The molecule has 0 N–H and O–H groups in total. The average molecular weight is 166 g/mol. The molecule has 0 spiro atoms. The minimum atomic E-state index is 0.736. The second-order valence-electron chi connectivity index (χ2n) is 3.52. The molecular formula is C10H18N2. The zero-order valence-electron chi connectivity index (χ0n) is 7.76. The molecule has 2 heteroatoms. The van der Waals surface area contributed by atoms with E-state index in [1.54, 1.807) is 0 Å². The highest BCUT2D eigenvalue weighted by Crippen LogP contribution is 2.09. The van der Waals surface area contributed by atoms with Crippen molar-refractivity contribution < 1.29 is 0 Å². The fourth-order valence-electron chi connectivity index (χ4n) is 1.72. The van der Waals surface area contributed by atoms with Crippen molar-refractivity contribution in [1.82, 2.24) is 4.90 Å². The molecule has 1 heterocycles. The Morgan fingerprint density at radius 3 is 2.50 bits per heavy atom. The summed E-state index contributed by atoms with van der Waals surface area (Å²) in [7, 11) is 0. The van der Waals surface area contributed by atoms with Crippen molar-refractivity contribution in [2.75, 3.05) is 19.6 Å². The van der Waals surface area contributed by atoms with E-state index in [1.807, 2.05) is 0 Å². The van der Waals surface area contributed by atoms with E-state index < -0.39 is 0 Å². The van der Waals surface area contributed by atoms with Crippen LogP contribution in [0.1, 0.15) is 38.5 Å². The Morgan fingerprint density at radius 2 is 1.83 bits per heavy atom. The largest absolute Gasteiger partial charge is 0.303 e. The molecule has 1 fully saturated rings. The lowest BCUT2D eigenvalue weighted by molar-refractivity contribution is 0.329. The maximum Gasteiger partial charge on any atom is 0.0621 e. The van der Waals surface area contributed by atoms with Crippen LogP contribution in [-0.4, -0.2) is 24.5 Å². The number of hydrogen-bond donors (Lipinski definition) is 0. The third-order valence-corrected chi connectivity index (χ3v) is 2.46. The second kappa shape index (κ2) is 6.02. The molecule has 1 saturated heterocycles. The van der Waals surface area contributed by atoms with Crippen LogP contribution in [0.5, 0.6) is 0 Å². The molecule has 68 valence electrons. The molecular weight excluding hydrogens is 148 g/mol. The SMILES string of the molecule is N#CCCCCCN1CCCC1. The van der Waals surface area contributed by atoms with Crippen LogP contribution in [0, 0.1) is 11.3 Å². The fraction of sp³-hybridized carbons (Fsp3) is 0.900. The molecule has 0 radical (unpaired) electrons. The van der Waals surface area contributed by atoms with Gasteiger partial charge in [-0.3, -0.25) is 0 Å². The summed E-state index contributed by atoms with van der Waals surface area (Å²) >= 11 is 0. The number of nitriles is 1. The van der Waals surface area contributed by atoms with Gasteiger partial charge in [0.2, 0.25) is 0 Å². The Kier molecular flexibility index (Phi) is 4.79. The van der Waals surface area contributed by atoms with E-state index in [9.17, 15) is 0 Å². The van der Waals surface area contributed by atoms with E-state index in [0.29, 0.717) is 0 Å². The topological polar surface area (TPSA) is 27.0 Å². The Morgan fingerprint density at radius 1 is 1.08 bits per heavy atom. The van der Waals surface area contributed by atoms with Crippen LogP contribution >= 0.6 is 0 Å². The highest BCUT2D eigenvalue weighted by atomic mass is 15.1. The standard InChI is InChI=1S/C10H18N2/c11-7-3-1-2-4-8-12-9-5-6-10-12/h1-6,8-10H2. The minimum absolute atomic E-state index is 0.736. The van der Waals surface area contributed by atoms with Gasteiger partial charge in [0.1, 0.15) is 0 Å². The maximum atomic E-state index is 8.32. The van der Waals surface area contributed by atoms with Crippen molar-refractivity contribution >= 4 is 0 Å². The Bertz CT molecular complexity index is 142. The van der Waals surface area contributed by atoms with Gasteiger partial charge in [0.05, 0.1) is 6.07 Å². The molecule has 0 aromatic heterocycles. The second-order valence-corrected chi connectivity index (χ2v) is 3.52. The van der Waals surface area contributed by atoms with Crippen molar-refractivity contribution in [1.29, 1.82) is 5.26 Å². The molecule has 0 amide bonds. The average Bonchev–Trinajstić information content (AvgIpc) is 2.57. The highest BCUT2D eigenvalue weighted by molar-refractivity contribution is 4.69. The molecule has 0 aromatic carbocycles. The summed E-state index contributed by atoms with van der Waals surface area (Å²) < 4.78 is 0. The van der Waals surface area contributed by atoms with Gasteiger partial charge in [-0.2, -0.15) is 5.26 Å². The molecule has 12 heavy (non-hydrogen) atoms. The van der Waals surface area contributed by atoms with Crippen molar-refractivity contribution in [3.63, 3.8) is 0 Å². The Labute approximate surface area is 75.2 Å². The summed E-state index contributed by atoms with van der Waals surface area (Å²) in [5.74, 6) is 0. The lowest BCUT2D eigenvalue weighted by Crippen LogP contribution is -2.20. The van der Waals surface area contributed by atoms with Crippen molar-refractivity contribution in [3.8, 4) is 6.07 Å². The first-order valence-electron chi connectivity index (χ1n) is 5.03. The monoisotopic (exact) mass is 166 g/mol. The third-order valence-electron chi connectivity index (χ3n) is 2.46. The quantitative estimate of drug-likeness (QED) is 0.585. The van der Waals surface area contributed by atoms with Crippen LogP contribution in [0.25, 0.3) is 0 Å². The summed E-state index contributed by atoms with van der Waals surface area (Å²) in [6, 6.07) is 2.18. The molecule has 1 aliphatic rings. The van der Waals surface area contributed by atoms with Crippen LogP contribution in [0.3, 0.4) is 0 Å². The van der Waals surface area contributed by atoms with Gasteiger partial charge in [0.15, 0.2) is 0 Å². The maximum absolute atomic E-state index is 8.32. The van der Waals surface area contributed by atoms with Crippen molar-refractivity contribution in [2.45, 2.75) is 38.5 Å². The van der Waals surface area contributed by atoms with Crippen LogP contribution in [0.4, 0.5) is 0 Å². The van der Waals surface area contributed by atoms with Crippen LogP contribution in [-0.2, 0) is 0 Å².